The van der Waals surface area contributed by atoms with Crippen LogP contribution in [-0.4, -0.2) is 17.3 Å². The van der Waals surface area contributed by atoms with E-state index in [0.29, 0.717) is 11.3 Å². The van der Waals surface area contributed by atoms with Gasteiger partial charge in [0, 0.05) is 5.56 Å². The van der Waals surface area contributed by atoms with Crippen molar-refractivity contribution < 1.29 is 9.13 Å². The van der Waals surface area contributed by atoms with E-state index in [4.69, 9.17) is 10.6 Å². The standard InChI is InChI=1S/C14H17FN4O/c1-8-6-11(9(2)19-18-8)14(17-16)12-7-10(15)4-5-13(12)20-3/h4-7,14,17H,16H2,1-3H3. The lowest BCUT2D eigenvalue weighted by molar-refractivity contribution is 0.402. The van der Waals surface area contributed by atoms with Gasteiger partial charge in [0.1, 0.15) is 11.6 Å². The van der Waals surface area contributed by atoms with Crippen molar-refractivity contribution in [3.63, 3.8) is 0 Å². The van der Waals surface area contributed by atoms with Gasteiger partial charge in [0.05, 0.1) is 24.5 Å². The maximum atomic E-state index is 13.5. The minimum Gasteiger partial charge on any atom is -0.496 e. The average molecular weight is 276 g/mol. The summed E-state index contributed by atoms with van der Waals surface area (Å²) >= 11 is 0. The van der Waals surface area contributed by atoms with Crippen LogP contribution in [0.3, 0.4) is 0 Å². The summed E-state index contributed by atoms with van der Waals surface area (Å²) in [4.78, 5) is 0. The highest BCUT2D eigenvalue weighted by atomic mass is 19.1. The number of benzene rings is 1. The van der Waals surface area contributed by atoms with Gasteiger partial charge in [-0.05, 0) is 43.7 Å². The molecule has 2 rings (SSSR count). The molecule has 1 unspecified atom stereocenters. The van der Waals surface area contributed by atoms with Crippen molar-refractivity contribution in [3.8, 4) is 5.75 Å². The smallest absolute Gasteiger partial charge is 0.124 e. The van der Waals surface area contributed by atoms with Gasteiger partial charge in [-0.15, -0.1) is 0 Å². The van der Waals surface area contributed by atoms with Gasteiger partial charge in [0.25, 0.3) is 0 Å². The zero-order valence-electron chi connectivity index (χ0n) is 11.6. The van der Waals surface area contributed by atoms with E-state index in [9.17, 15) is 4.39 Å². The number of nitrogens with zero attached hydrogens (tertiary/aromatic N) is 2. The number of methoxy groups -OCH3 is 1. The highest BCUT2D eigenvalue weighted by Crippen LogP contribution is 2.31. The van der Waals surface area contributed by atoms with Crippen LogP contribution in [-0.2, 0) is 0 Å². The summed E-state index contributed by atoms with van der Waals surface area (Å²) in [7, 11) is 1.53. The predicted octanol–water partition coefficient (Wildman–Crippen LogP) is 1.79. The molecule has 106 valence electrons. The van der Waals surface area contributed by atoms with Crippen molar-refractivity contribution in [1.82, 2.24) is 15.6 Å². The summed E-state index contributed by atoms with van der Waals surface area (Å²) in [5, 5.41) is 8.06. The van der Waals surface area contributed by atoms with E-state index < -0.39 is 6.04 Å². The van der Waals surface area contributed by atoms with Gasteiger partial charge in [0.2, 0.25) is 0 Å². The van der Waals surface area contributed by atoms with E-state index in [1.807, 2.05) is 19.9 Å². The van der Waals surface area contributed by atoms with Gasteiger partial charge < -0.3 is 4.74 Å². The Morgan fingerprint density at radius 2 is 1.95 bits per heavy atom. The third kappa shape index (κ3) is 2.76. The second kappa shape index (κ2) is 5.94. The topological polar surface area (TPSA) is 73.1 Å². The lowest BCUT2D eigenvalue weighted by Gasteiger charge is -2.21. The Hall–Kier alpha value is -2.05. The molecule has 1 atom stereocenters. The Bertz CT molecular complexity index is 618. The van der Waals surface area contributed by atoms with Crippen LogP contribution in [0.1, 0.15) is 28.6 Å². The molecule has 0 spiro atoms. The molecular weight excluding hydrogens is 259 g/mol. The Balaban J connectivity index is 2.57. The third-order valence-corrected chi connectivity index (χ3v) is 3.12. The minimum absolute atomic E-state index is 0.350. The maximum Gasteiger partial charge on any atom is 0.124 e. The number of aryl methyl sites for hydroxylation is 2. The zero-order valence-corrected chi connectivity index (χ0v) is 11.6. The molecule has 1 heterocycles. The van der Waals surface area contributed by atoms with E-state index in [0.717, 1.165) is 17.0 Å². The number of halogens is 1. The Morgan fingerprint density at radius 1 is 1.20 bits per heavy atom. The number of ether oxygens (including phenoxy) is 1. The van der Waals surface area contributed by atoms with Crippen LogP contribution in [0.2, 0.25) is 0 Å². The second-order valence-electron chi connectivity index (χ2n) is 4.51. The molecule has 0 bridgehead atoms. The summed E-state index contributed by atoms with van der Waals surface area (Å²) < 4.78 is 18.8. The highest BCUT2D eigenvalue weighted by molar-refractivity contribution is 5.43. The first-order valence-electron chi connectivity index (χ1n) is 6.17. The molecule has 0 aliphatic heterocycles. The van der Waals surface area contributed by atoms with Gasteiger partial charge in [0.15, 0.2) is 0 Å². The van der Waals surface area contributed by atoms with Crippen molar-refractivity contribution in [2.24, 2.45) is 5.84 Å². The molecule has 0 radical (unpaired) electrons. The van der Waals surface area contributed by atoms with Crippen molar-refractivity contribution in [2.75, 3.05) is 7.11 Å². The number of hydrogen-bond donors (Lipinski definition) is 2. The van der Waals surface area contributed by atoms with Crippen molar-refractivity contribution in [1.29, 1.82) is 0 Å². The average Bonchev–Trinajstić information content (AvgIpc) is 2.44. The molecule has 1 aromatic heterocycles. The number of aromatic nitrogens is 2. The number of hydrazine groups is 1. The lowest BCUT2D eigenvalue weighted by atomic mass is 9.97. The van der Waals surface area contributed by atoms with Crippen molar-refractivity contribution >= 4 is 0 Å². The lowest BCUT2D eigenvalue weighted by Crippen LogP contribution is -2.30. The van der Waals surface area contributed by atoms with E-state index >= 15 is 0 Å². The fraction of sp³-hybridized carbons (Fsp3) is 0.286. The summed E-state index contributed by atoms with van der Waals surface area (Å²) in [5.41, 5.74) is 5.64. The maximum absolute atomic E-state index is 13.5. The first kappa shape index (κ1) is 14.4. The monoisotopic (exact) mass is 276 g/mol. The third-order valence-electron chi connectivity index (χ3n) is 3.12. The Kier molecular flexibility index (Phi) is 4.26. The SMILES string of the molecule is COc1ccc(F)cc1C(NN)c1cc(C)nnc1C. The number of nitrogens with two attached hydrogens (primary N) is 1. The Labute approximate surface area is 116 Å². The van der Waals surface area contributed by atoms with Crippen molar-refractivity contribution in [2.45, 2.75) is 19.9 Å². The molecule has 0 fully saturated rings. The van der Waals surface area contributed by atoms with Gasteiger partial charge in [-0.3, -0.25) is 5.84 Å². The fourth-order valence-electron chi connectivity index (χ4n) is 2.14. The molecule has 6 heteroatoms. The molecule has 0 aliphatic rings. The molecule has 0 saturated carbocycles. The van der Waals surface area contributed by atoms with Crippen LogP contribution >= 0.6 is 0 Å². The first-order valence-corrected chi connectivity index (χ1v) is 6.17. The van der Waals surface area contributed by atoms with Gasteiger partial charge in [-0.2, -0.15) is 10.2 Å². The zero-order chi connectivity index (χ0) is 14.7. The summed E-state index contributed by atoms with van der Waals surface area (Å²) in [6.45, 7) is 3.67. The number of nitrogens with one attached hydrogen (secondary N) is 1. The predicted molar refractivity (Wildman–Crippen MR) is 73.6 cm³/mol. The quantitative estimate of drug-likeness (QED) is 0.658. The van der Waals surface area contributed by atoms with Crippen LogP contribution in [0.25, 0.3) is 0 Å². The Morgan fingerprint density at radius 3 is 2.60 bits per heavy atom. The molecule has 1 aromatic carbocycles. The van der Waals surface area contributed by atoms with Crippen LogP contribution in [0.5, 0.6) is 5.75 Å². The summed E-state index contributed by atoms with van der Waals surface area (Å²) in [6, 6.07) is 5.77. The van der Waals surface area contributed by atoms with E-state index in [1.54, 1.807) is 6.07 Å². The molecule has 0 amide bonds. The molecule has 0 saturated heterocycles. The number of hydrogen-bond acceptors (Lipinski definition) is 5. The molecule has 20 heavy (non-hydrogen) atoms. The largest absolute Gasteiger partial charge is 0.496 e. The van der Waals surface area contributed by atoms with Crippen LogP contribution in [0.4, 0.5) is 4.39 Å². The molecule has 0 aliphatic carbocycles. The van der Waals surface area contributed by atoms with E-state index in [2.05, 4.69) is 15.6 Å². The molecule has 3 N–H and O–H groups in total. The first-order chi connectivity index (χ1) is 9.56. The number of rotatable bonds is 4. The van der Waals surface area contributed by atoms with Crippen molar-refractivity contribution in [3.05, 3.63) is 52.6 Å². The fourth-order valence-corrected chi connectivity index (χ4v) is 2.14. The highest BCUT2D eigenvalue weighted by Gasteiger charge is 2.20. The van der Waals surface area contributed by atoms with Gasteiger partial charge in [-0.25, -0.2) is 9.82 Å². The minimum atomic E-state index is -0.421. The second-order valence-corrected chi connectivity index (χ2v) is 4.51. The molecular formula is C14H17FN4O. The normalized spacial score (nSPS) is 12.2. The summed E-state index contributed by atoms with van der Waals surface area (Å²) in [6.07, 6.45) is 0. The van der Waals surface area contributed by atoms with E-state index in [1.165, 1.54) is 19.2 Å². The van der Waals surface area contributed by atoms with E-state index in [-0.39, 0.29) is 5.82 Å². The molecule has 5 nitrogen and oxygen atoms in total. The van der Waals surface area contributed by atoms with Crippen LogP contribution in [0, 0.1) is 19.7 Å². The summed E-state index contributed by atoms with van der Waals surface area (Å²) in [5.74, 6) is 5.86. The van der Waals surface area contributed by atoms with Gasteiger partial charge in [-0.1, -0.05) is 0 Å². The van der Waals surface area contributed by atoms with Crippen LogP contribution < -0.4 is 16.0 Å². The van der Waals surface area contributed by atoms with Gasteiger partial charge >= 0.3 is 0 Å². The molecule has 2 aromatic rings. The van der Waals surface area contributed by atoms with Crippen LogP contribution in [0.15, 0.2) is 24.3 Å².